The number of rotatable bonds is 6. The first-order valence-electron chi connectivity index (χ1n) is 7.57. The lowest BCUT2D eigenvalue weighted by Crippen LogP contribution is -2.40. The Morgan fingerprint density at radius 1 is 1.38 bits per heavy atom. The fourth-order valence-corrected chi connectivity index (χ4v) is 3.11. The molecule has 2 rings (SSSR count). The Labute approximate surface area is 135 Å². The standard InChI is InChI=1S/C17H28N2O.ClH/c1-14(11-15-7-5-6-8-16(15)20-4)19(3)13-17(2)9-10-18-12-17;/h5-8,14,18H,9-13H2,1-4H3;1H. The summed E-state index contributed by atoms with van der Waals surface area (Å²) in [7, 11) is 3.99. The molecule has 1 saturated heterocycles. The second-order valence-electron chi connectivity index (χ2n) is 6.52. The molecule has 0 radical (unpaired) electrons. The van der Waals surface area contributed by atoms with Crippen molar-refractivity contribution in [3.63, 3.8) is 0 Å². The lowest BCUT2D eigenvalue weighted by atomic mass is 9.88. The van der Waals surface area contributed by atoms with E-state index in [1.54, 1.807) is 7.11 Å². The monoisotopic (exact) mass is 312 g/mol. The Kier molecular flexibility index (Phi) is 6.98. The van der Waals surface area contributed by atoms with Crippen LogP contribution in [0, 0.1) is 5.41 Å². The van der Waals surface area contributed by atoms with Gasteiger partial charge in [-0.2, -0.15) is 0 Å². The zero-order valence-corrected chi connectivity index (χ0v) is 14.5. The Morgan fingerprint density at radius 2 is 2.10 bits per heavy atom. The number of hydrogen-bond acceptors (Lipinski definition) is 3. The van der Waals surface area contributed by atoms with Crippen molar-refractivity contribution in [2.45, 2.75) is 32.7 Å². The van der Waals surface area contributed by atoms with Crippen LogP contribution < -0.4 is 10.1 Å². The first-order chi connectivity index (χ1) is 9.54. The number of halogens is 1. The molecule has 0 bridgehead atoms. The smallest absolute Gasteiger partial charge is 0.122 e. The quantitative estimate of drug-likeness (QED) is 0.874. The van der Waals surface area contributed by atoms with Crippen LogP contribution in [0.5, 0.6) is 5.75 Å². The third-order valence-electron chi connectivity index (χ3n) is 4.55. The van der Waals surface area contributed by atoms with E-state index in [2.05, 4.69) is 43.2 Å². The second-order valence-corrected chi connectivity index (χ2v) is 6.52. The molecule has 0 spiro atoms. The largest absolute Gasteiger partial charge is 0.496 e. The van der Waals surface area contributed by atoms with E-state index in [1.165, 1.54) is 12.0 Å². The number of nitrogens with zero attached hydrogens (tertiary/aromatic N) is 1. The van der Waals surface area contributed by atoms with Crippen LogP contribution in [-0.2, 0) is 6.42 Å². The first-order valence-corrected chi connectivity index (χ1v) is 7.57. The number of methoxy groups -OCH3 is 1. The van der Waals surface area contributed by atoms with Crippen molar-refractivity contribution in [1.29, 1.82) is 0 Å². The molecule has 3 nitrogen and oxygen atoms in total. The van der Waals surface area contributed by atoms with Gasteiger partial charge < -0.3 is 15.0 Å². The minimum absolute atomic E-state index is 0. The van der Waals surface area contributed by atoms with Crippen molar-refractivity contribution >= 4 is 12.4 Å². The molecule has 1 heterocycles. The third kappa shape index (κ3) is 4.87. The molecule has 1 N–H and O–H groups in total. The topological polar surface area (TPSA) is 24.5 Å². The maximum atomic E-state index is 5.45. The van der Waals surface area contributed by atoms with Crippen LogP contribution in [0.2, 0.25) is 0 Å². The van der Waals surface area contributed by atoms with E-state index in [4.69, 9.17) is 4.74 Å². The molecule has 1 aromatic rings. The van der Waals surface area contributed by atoms with E-state index in [-0.39, 0.29) is 12.4 Å². The zero-order valence-electron chi connectivity index (χ0n) is 13.7. The van der Waals surface area contributed by atoms with Crippen molar-refractivity contribution in [1.82, 2.24) is 10.2 Å². The second kappa shape index (κ2) is 8.02. The van der Waals surface area contributed by atoms with E-state index < -0.39 is 0 Å². The van der Waals surface area contributed by atoms with E-state index in [9.17, 15) is 0 Å². The lowest BCUT2D eigenvalue weighted by molar-refractivity contribution is 0.167. The number of para-hydroxylation sites is 1. The van der Waals surface area contributed by atoms with Gasteiger partial charge in [-0.05, 0) is 50.4 Å². The Balaban J connectivity index is 0.00000220. The summed E-state index contributed by atoms with van der Waals surface area (Å²) in [5.41, 5.74) is 1.72. The van der Waals surface area contributed by atoms with E-state index in [0.29, 0.717) is 11.5 Å². The SMILES string of the molecule is COc1ccccc1CC(C)N(C)CC1(C)CCNC1.Cl. The summed E-state index contributed by atoms with van der Waals surface area (Å²) in [6.45, 7) is 8.14. The van der Waals surface area contributed by atoms with Crippen molar-refractivity contribution in [2.24, 2.45) is 5.41 Å². The summed E-state index contributed by atoms with van der Waals surface area (Å²) in [6, 6.07) is 8.85. The summed E-state index contributed by atoms with van der Waals surface area (Å²) < 4.78 is 5.45. The number of benzene rings is 1. The minimum atomic E-state index is 0. The van der Waals surface area contributed by atoms with Crippen LogP contribution in [0.15, 0.2) is 24.3 Å². The molecule has 4 heteroatoms. The molecule has 1 fully saturated rings. The molecule has 1 aliphatic heterocycles. The predicted molar refractivity (Wildman–Crippen MR) is 91.6 cm³/mol. The molecule has 2 atom stereocenters. The first kappa shape index (κ1) is 18.3. The van der Waals surface area contributed by atoms with Gasteiger partial charge in [-0.25, -0.2) is 0 Å². The molecule has 21 heavy (non-hydrogen) atoms. The summed E-state index contributed by atoms with van der Waals surface area (Å²) in [4.78, 5) is 2.49. The number of likely N-dealkylation sites (N-methyl/N-ethyl adjacent to an activating group) is 1. The van der Waals surface area contributed by atoms with Gasteiger partial charge >= 0.3 is 0 Å². The average Bonchev–Trinajstić information content (AvgIpc) is 2.85. The molecular formula is C17H29ClN2O. The molecule has 0 aromatic heterocycles. The van der Waals surface area contributed by atoms with Crippen LogP contribution in [0.25, 0.3) is 0 Å². The van der Waals surface area contributed by atoms with Gasteiger partial charge in [0.1, 0.15) is 5.75 Å². The van der Waals surface area contributed by atoms with Crippen LogP contribution in [0.1, 0.15) is 25.8 Å². The zero-order chi connectivity index (χ0) is 14.6. The van der Waals surface area contributed by atoms with Crippen LogP contribution in [0.3, 0.4) is 0 Å². The molecule has 0 aliphatic carbocycles. The van der Waals surface area contributed by atoms with E-state index in [1.807, 2.05) is 12.1 Å². The molecule has 0 saturated carbocycles. The fourth-order valence-electron chi connectivity index (χ4n) is 3.11. The van der Waals surface area contributed by atoms with Crippen molar-refractivity contribution in [3.8, 4) is 5.75 Å². The fraction of sp³-hybridized carbons (Fsp3) is 0.647. The van der Waals surface area contributed by atoms with Crippen molar-refractivity contribution < 1.29 is 4.74 Å². The van der Waals surface area contributed by atoms with Crippen LogP contribution in [0.4, 0.5) is 0 Å². The highest BCUT2D eigenvalue weighted by Crippen LogP contribution is 2.27. The molecule has 120 valence electrons. The molecule has 1 aromatic carbocycles. The maximum absolute atomic E-state index is 5.45. The Bertz CT molecular complexity index is 433. The Hall–Kier alpha value is -0.770. The van der Waals surface area contributed by atoms with E-state index in [0.717, 1.165) is 31.8 Å². The highest BCUT2D eigenvalue weighted by molar-refractivity contribution is 5.85. The molecule has 2 unspecified atom stereocenters. The van der Waals surface area contributed by atoms with Gasteiger partial charge in [0, 0.05) is 19.1 Å². The van der Waals surface area contributed by atoms with Gasteiger partial charge in [0.25, 0.3) is 0 Å². The highest BCUT2D eigenvalue weighted by atomic mass is 35.5. The van der Waals surface area contributed by atoms with Crippen molar-refractivity contribution in [2.75, 3.05) is 33.8 Å². The summed E-state index contributed by atoms with van der Waals surface area (Å²) in [5, 5.41) is 3.48. The maximum Gasteiger partial charge on any atom is 0.122 e. The molecule has 0 amide bonds. The van der Waals surface area contributed by atoms with Gasteiger partial charge in [0.2, 0.25) is 0 Å². The predicted octanol–water partition coefficient (Wildman–Crippen LogP) is 2.98. The highest BCUT2D eigenvalue weighted by Gasteiger charge is 2.30. The number of ether oxygens (including phenoxy) is 1. The summed E-state index contributed by atoms with van der Waals surface area (Å²) in [6.07, 6.45) is 2.31. The van der Waals surface area contributed by atoms with Gasteiger partial charge in [-0.15, -0.1) is 12.4 Å². The number of nitrogens with one attached hydrogen (secondary N) is 1. The molecular weight excluding hydrogens is 284 g/mol. The summed E-state index contributed by atoms with van der Waals surface area (Å²) in [5.74, 6) is 1.00. The Morgan fingerprint density at radius 3 is 2.71 bits per heavy atom. The average molecular weight is 313 g/mol. The van der Waals surface area contributed by atoms with E-state index >= 15 is 0 Å². The van der Waals surface area contributed by atoms with Gasteiger partial charge in [0.15, 0.2) is 0 Å². The van der Waals surface area contributed by atoms with Gasteiger partial charge in [0.05, 0.1) is 7.11 Å². The van der Waals surface area contributed by atoms with Gasteiger partial charge in [-0.1, -0.05) is 25.1 Å². The normalized spacial score (nSPS) is 22.9. The minimum Gasteiger partial charge on any atom is -0.496 e. The number of hydrogen-bond donors (Lipinski definition) is 1. The lowest BCUT2D eigenvalue weighted by Gasteiger charge is -2.33. The van der Waals surface area contributed by atoms with Crippen LogP contribution in [-0.4, -0.2) is 44.7 Å². The third-order valence-corrected chi connectivity index (χ3v) is 4.55. The molecule has 1 aliphatic rings. The van der Waals surface area contributed by atoms with Crippen LogP contribution >= 0.6 is 12.4 Å². The van der Waals surface area contributed by atoms with Crippen molar-refractivity contribution in [3.05, 3.63) is 29.8 Å². The summed E-state index contributed by atoms with van der Waals surface area (Å²) >= 11 is 0. The van der Waals surface area contributed by atoms with Gasteiger partial charge in [-0.3, -0.25) is 0 Å².